The van der Waals surface area contributed by atoms with E-state index in [1.165, 1.54) is 78.0 Å². The minimum atomic E-state index is -0.479. The number of aromatic nitrogens is 2. The lowest BCUT2D eigenvalue weighted by molar-refractivity contribution is 0.667. The van der Waals surface area contributed by atoms with E-state index in [1.54, 1.807) is 0 Å². The van der Waals surface area contributed by atoms with Gasteiger partial charge < -0.3 is 9.47 Å². The Morgan fingerprint density at radius 2 is 1.35 bits per heavy atom. The van der Waals surface area contributed by atoms with Gasteiger partial charge in [0.25, 0.3) is 0 Å². The summed E-state index contributed by atoms with van der Waals surface area (Å²) >= 11 is 0. The molecule has 57 heavy (non-hydrogen) atoms. The lowest BCUT2D eigenvalue weighted by Gasteiger charge is -2.33. The normalized spacial score (nSPS) is 17.9. The fourth-order valence-electron chi connectivity index (χ4n) is 10.3. The monoisotopic (exact) mass is 730 g/mol. The summed E-state index contributed by atoms with van der Waals surface area (Å²) in [5, 5.41) is 1.32. The van der Waals surface area contributed by atoms with Crippen LogP contribution in [0, 0.1) is 0 Å². The van der Waals surface area contributed by atoms with Gasteiger partial charge in [-0.3, -0.25) is 9.98 Å². The van der Waals surface area contributed by atoms with E-state index >= 15 is 0 Å². The molecule has 0 amide bonds. The number of rotatable bonds is 5. The number of para-hydroxylation sites is 1. The Hall–Kier alpha value is -7.04. The zero-order valence-corrected chi connectivity index (χ0v) is 31.3. The van der Waals surface area contributed by atoms with Crippen LogP contribution in [0.2, 0.25) is 0 Å². The van der Waals surface area contributed by atoms with Crippen LogP contribution < -0.4 is 4.90 Å². The van der Waals surface area contributed by atoms with Crippen LogP contribution in [0.3, 0.4) is 0 Å². The van der Waals surface area contributed by atoms with E-state index in [0.717, 1.165) is 24.2 Å². The maximum Gasteiger partial charge on any atom is 0.101 e. The van der Waals surface area contributed by atoms with E-state index in [2.05, 4.69) is 191 Å². The molecule has 4 nitrogen and oxygen atoms in total. The highest BCUT2D eigenvalue weighted by molar-refractivity contribution is 5.98. The van der Waals surface area contributed by atoms with Crippen LogP contribution in [0.25, 0.3) is 45.1 Å². The summed E-state index contributed by atoms with van der Waals surface area (Å²) in [5.74, 6) is 0. The first-order valence-corrected chi connectivity index (χ1v) is 20.0. The second kappa shape index (κ2) is 12.5. The lowest BCUT2D eigenvalue weighted by Crippen LogP contribution is -2.28. The van der Waals surface area contributed by atoms with Gasteiger partial charge in [-0.25, -0.2) is 0 Å². The molecule has 2 aliphatic heterocycles. The molecule has 0 saturated carbocycles. The van der Waals surface area contributed by atoms with E-state index < -0.39 is 5.41 Å². The molecule has 0 spiro atoms. The van der Waals surface area contributed by atoms with Crippen LogP contribution in [0.1, 0.15) is 51.5 Å². The molecule has 0 radical (unpaired) electrons. The molecule has 2 unspecified atom stereocenters. The van der Waals surface area contributed by atoms with Crippen molar-refractivity contribution in [1.82, 2.24) is 9.55 Å². The van der Waals surface area contributed by atoms with Gasteiger partial charge >= 0.3 is 0 Å². The van der Waals surface area contributed by atoms with Gasteiger partial charge in [0.1, 0.15) is 6.04 Å². The van der Waals surface area contributed by atoms with Crippen LogP contribution in [-0.2, 0) is 11.8 Å². The number of hydrogen-bond donors (Lipinski definition) is 0. The van der Waals surface area contributed by atoms with Crippen molar-refractivity contribution >= 4 is 34.6 Å². The predicted molar refractivity (Wildman–Crippen MR) is 234 cm³/mol. The number of pyridine rings is 1. The van der Waals surface area contributed by atoms with Crippen LogP contribution in [-0.4, -0.2) is 21.8 Å². The fraction of sp³-hybridized carbons (Fsp3) is 0.0943. The van der Waals surface area contributed by atoms with Crippen LogP contribution >= 0.6 is 0 Å². The van der Waals surface area contributed by atoms with Crippen molar-refractivity contribution in [3.63, 3.8) is 0 Å². The van der Waals surface area contributed by atoms with Crippen LogP contribution in [0.4, 0.5) is 11.4 Å². The van der Waals surface area contributed by atoms with Gasteiger partial charge in [0.05, 0.1) is 22.7 Å². The maximum absolute atomic E-state index is 5.11. The molecule has 2 aliphatic carbocycles. The van der Waals surface area contributed by atoms with Crippen molar-refractivity contribution in [3.8, 4) is 28.1 Å². The average molecular weight is 731 g/mol. The quantitative estimate of drug-likeness (QED) is 0.177. The van der Waals surface area contributed by atoms with E-state index in [1.807, 2.05) is 12.4 Å². The van der Waals surface area contributed by atoms with Crippen molar-refractivity contribution in [2.24, 2.45) is 4.99 Å². The first-order valence-electron chi connectivity index (χ1n) is 20.0. The number of fused-ring (bicyclic) bond motifs is 9. The summed E-state index contributed by atoms with van der Waals surface area (Å²) < 4.78 is 2.47. The van der Waals surface area contributed by atoms with Gasteiger partial charge in [0, 0.05) is 51.7 Å². The second-order valence-electron chi connectivity index (χ2n) is 15.6. The minimum absolute atomic E-state index is 0.131. The summed E-state index contributed by atoms with van der Waals surface area (Å²) in [4.78, 5) is 12.4. The Morgan fingerprint density at radius 1 is 0.649 bits per heavy atom. The molecule has 0 bridgehead atoms. The molecule has 4 heteroatoms. The minimum Gasteiger partial charge on any atom is -0.332 e. The molecule has 270 valence electrons. The average Bonchev–Trinajstić information content (AvgIpc) is 3.90. The van der Waals surface area contributed by atoms with Gasteiger partial charge in [-0.05, 0) is 112 Å². The number of dihydropyridines is 1. The standard InChI is InChI=1S/C53H38N4/c1-3-13-37(14-4-1)53(38-15-5-2-6-16-38)45-19-11-31-54-51(45)44-34-50-43(33-46(44)53)41-17-7-9-20-47(41)57(50)40-29-25-36(26-30-40)35-23-27-39(28-24-35)56-48-21-10-8-18-42(48)52-49(56)22-12-32-55-52/h1-6,8-16,18-34,49,52H,7,17H2. The largest absolute Gasteiger partial charge is 0.332 e. The van der Waals surface area contributed by atoms with Crippen LogP contribution in [0.5, 0.6) is 0 Å². The third-order valence-electron chi connectivity index (χ3n) is 12.8. The van der Waals surface area contributed by atoms with E-state index in [0.29, 0.717) is 0 Å². The molecule has 0 fully saturated rings. The summed E-state index contributed by atoms with van der Waals surface area (Å²) in [6.45, 7) is 0. The third-order valence-corrected chi connectivity index (χ3v) is 12.8. The highest BCUT2D eigenvalue weighted by atomic mass is 15.2. The van der Waals surface area contributed by atoms with Crippen molar-refractivity contribution in [2.75, 3.05) is 4.90 Å². The van der Waals surface area contributed by atoms with Gasteiger partial charge in [-0.1, -0.05) is 121 Å². The van der Waals surface area contributed by atoms with E-state index in [-0.39, 0.29) is 12.1 Å². The summed E-state index contributed by atoms with van der Waals surface area (Å²) in [7, 11) is 0. The number of benzene rings is 6. The number of anilines is 2. The second-order valence-corrected chi connectivity index (χ2v) is 15.6. The highest BCUT2D eigenvalue weighted by Gasteiger charge is 2.47. The Balaban J connectivity index is 0.971. The zero-order valence-electron chi connectivity index (χ0n) is 31.3. The molecule has 0 saturated heterocycles. The molecule has 8 aromatic rings. The maximum atomic E-state index is 5.11. The van der Waals surface area contributed by atoms with Crippen molar-refractivity contribution in [2.45, 2.75) is 30.3 Å². The number of aliphatic imine (C=N–C) groups is 1. The Bertz CT molecular complexity index is 2910. The summed E-state index contributed by atoms with van der Waals surface area (Å²) in [6.07, 6.45) is 14.9. The number of nitrogens with zero attached hydrogens (tertiary/aromatic N) is 4. The van der Waals surface area contributed by atoms with E-state index in [9.17, 15) is 0 Å². The van der Waals surface area contributed by atoms with Gasteiger partial charge in [0.15, 0.2) is 0 Å². The Labute approximate surface area is 332 Å². The number of allylic oxidation sites excluding steroid dienone is 2. The highest BCUT2D eigenvalue weighted by Crippen LogP contribution is 2.57. The molecule has 0 N–H and O–H groups in total. The SMILES string of the molecule is C1=CC2C(N=C1)c1ccccc1N2c1ccc(-c2ccc(-n3c4c(c5cc6c(cc53)-c3ncccc3C6(c3ccccc3)c3ccccc3)CCC=C4)cc2)cc1. The van der Waals surface area contributed by atoms with Crippen molar-refractivity contribution in [1.29, 1.82) is 0 Å². The lowest BCUT2D eigenvalue weighted by atomic mass is 9.67. The van der Waals surface area contributed by atoms with Gasteiger partial charge in [-0.2, -0.15) is 0 Å². The van der Waals surface area contributed by atoms with E-state index in [4.69, 9.17) is 9.98 Å². The number of aryl methyl sites for hydroxylation is 1. The van der Waals surface area contributed by atoms with Gasteiger partial charge in [0.2, 0.25) is 0 Å². The van der Waals surface area contributed by atoms with Crippen LogP contribution in [0.15, 0.2) is 187 Å². The molecular weight excluding hydrogens is 693 g/mol. The predicted octanol–water partition coefficient (Wildman–Crippen LogP) is 12.2. The third kappa shape index (κ3) is 4.61. The first kappa shape index (κ1) is 32.2. The molecule has 6 aromatic carbocycles. The fourth-order valence-corrected chi connectivity index (χ4v) is 10.3. The Morgan fingerprint density at radius 3 is 2.11 bits per heavy atom. The zero-order chi connectivity index (χ0) is 37.5. The molecule has 2 aromatic heterocycles. The topological polar surface area (TPSA) is 33.4 Å². The van der Waals surface area contributed by atoms with Crippen molar-refractivity contribution in [3.05, 3.63) is 221 Å². The molecule has 4 heterocycles. The molecule has 4 aliphatic rings. The smallest absolute Gasteiger partial charge is 0.101 e. The number of hydrogen-bond acceptors (Lipinski definition) is 3. The Kier molecular flexibility index (Phi) is 7.06. The molecule has 12 rings (SSSR count). The van der Waals surface area contributed by atoms with Gasteiger partial charge in [-0.15, -0.1) is 0 Å². The summed E-state index contributed by atoms with van der Waals surface area (Å²) in [5.41, 5.74) is 18.0. The molecule has 2 atom stereocenters. The first-order chi connectivity index (χ1) is 28.3. The summed E-state index contributed by atoms with van der Waals surface area (Å²) in [6, 6.07) is 58.5. The van der Waals surface area contributed by atoms with Crippen molar-refractivity contribution < 1.29 is 0 Å². The molecular formula is C53H38N4.